The predicted molar refractivity (Wildman–Crippen MR) is 78.9 cm³/mol. The van der Waals surface area contributed by atoms with Crippen molar-refractivity contribution in [3.05, 3.63) is 30.0 Å². The van der Waals surface area contributed by atoms with E-state index < -0.39 is 0 Å². The molecule has 1 aromatic carbocycles. The molecule has 0 aliphatic carbocycles. The van der Waals surface area contributed by atoms with Crippen LogP contribution < -0.4 is 5.32 Å². The largest absolute Gasteiger partial charge is 0.394 e. The number of amides is 2. The first kappa shape index (κ1) is 13.0. The molecule has 1 atom stereocenters. The zero-order valence-electron chi connectivity index (χ0n) is 11.5. The average molecular weight is 273 g/mol. The standard InChI is InChI=1S/C15H19N3O2/c1-10-7-11-8-12(4-5-14(11)16-10)17-15(20)18-6-2-3-13(18)9-19/h4-5,7-8,13,16,19H,2-3,6,9H2,1H3,(H,17,20)/t13-/m0/s1. The lowest BCUT2D eigenvalue weighted by Crippen LogP contribution is -2.40. The van der Waals surface area contributed by atoms with Crippen molar-refractivity contribution in [2.45, 2.75) is 25.8 Å². The van der Waals surface area contributed by atoms with Crippen LogP contribution in [0.15, 0.2) is 24.3 Å². The van der Waals surface area contributed by atoms with Crippen LogP contribution in [0.1, 0.15) is 18.5 Å². The van der Waals surface area contributed by atoms with Crippen molar-refractivity contribution in [2.75, 3.05) is 18.5 Å². The molecule has 3 rings (SSSR count). The summed E-state index contributed by atoms with van der Waals surface area (Å²) < 4.78 is 0. The lowest BCUT2D eigenvalue weighted by atomic mass is 10.2. The van der Waals surface area contributed by atoms with Gasteiger partial charge >= 0.3 is 6.03 Å². The molecule has 1 aliphatic rings. The molecule has 20 heavy (non-hydrogen) atoms. The Balaban J connectivity index is 1.76. The monoisotopic (exact) mass is 273 g/mol. The fourth-order valence-electron chi connectivity index (χ4n) is 2.84. The van der Waals surface area contributed by atoms with Gasteiger partial charge < -0.3 is 20.3 Å². The van der Waals surface area contributed by atoms with E-state index in [1.165, 1.54) is 0 Å². The summed E-state index contributed by atoms with van der Waals surface area (Å²) in [6.45, 7) is 2.75. The fraction of sp³-hybridized carbons (Fsp3) is 0.400. The summed E-state index contributed by atoms with van der Waals surface area (Å²) in [5, 5.41) is 13.3. The van der Waals surface area contributed by atoms with Gasteiger partial charge in [0.1, 0.15) is 0 Å². The lowest BCUT2D eigenvalue weighted by molar-refractivity contribution is 0.166. The maximum Gasteiger partial charge on any atom is 0.322 e. The number of aryl methyl sites for hydroxylation is 1. The molecule has 0 unspecified atom stereocenters. The number of H-pyrrole nitrogens is 1. The number of rotatable bonds is 2. The van der Waals surface area contributed by atoms with Crippen molar-refractivity contribution in [3.8, 4) is 0 Å². The van der Waals surface area contributed by atoms with E-state index in [4.69, 9.17) is 0 Å². The van der Waals surface area contributed by atoms with Gasteiger partial charge in [0.05, 0.1) is 12.6 Å². The number of aliphatic hydroxyl groups excluding tert-OH is 1. The van der Waals surface area contributed by atoms with Gasteiger partial charge in [-0.05, 0) is 44.0 Å². The second-order valence-electron chi connectivity index (χ2n) is 5.36. The van der Waals surface area contributed by atoms with E-state index in [1.54, 1.807) is 4.90 Å². The minimum absolute atomic E-state index is 0.0312. The number of carbonyl (C=O) groups is 1. The van der Waals surface area contributed by atoms with Gasteiger partial charge in [0.15, 0.2) is 0 Å². The van der Waals surface area contributed by atoms with Crippen molar-refractivity contribution in [3.63, 3.8) is 0 Å². The first-order valence-corrected chi connectivity index (χ1v) is 6.95. The highest BCUT2D eigenvalue weighted by Crippen LogP contribution is 2.22. The summed E-state index contributed by atoms with van der Waals surface area (Å²) in [6.07, 6.45) is 1.83. The number of aromatic nitrogens is 1. The highest BCUT2D eigenvalue weighted by molar-refractivity contribution is 5.93. The van der Waals surface area contributed by atoms with Crippen LogP contribution in [0.25, 0.3) is 10.9 Å². The summed E-state index contributed by atoms with van der Waals surface area (Å²) in [6, 6.07) is 7.69. The van der Waals surface area contributed by atoms with Crippen LogP contribution in [0.3, 0.4) is 0 Å². The zero-order chi connectivity index (χ0) is 14.1. The third kappa shape index (κ3) is 2.36. The third-order valence-corrected chi connectivity index (χ3v) is 3.86. The average Bonchev–Trinajstić information content (AvgIpc) is 3.02. The molecule has 2 aromatic rings. The van der Waals surface area contributed by atoms with E-state index >= 15 is 0 Å². The fourth-order valence-corrected chi connectivity index (χ4v) is 2.84. The Labute approximate surface area is 117 Å². The SMILES string of the molecule is Cc1cc2cc(NC(=O)N3CCC[C@H]3CO)ccc2[nH]1. The number of likely N-dealkylation sites (tertiary alicyclic amines) is 1. The number of hydrogen-bond donors (Lipinski definition) is 3. The van der Waals surface area contributed by atoms with E-state index in [0.717, 1.165) is 35.1 Å². The van der Waals surface area contributed by atoms with Crippen molar-refractivity contribution >= 4 is 22.6 Å². The molecule has 0 saturated carbocycles. The normalized spacial score (nSPS) is 18.7. The highest BCUT2D eigenvalue weighted by atomic mass is 16.3. The second-order valence-corrected chi connectivity index (χ2v) is 5.36. The number of benzene rings is 1. The van der Waals surface area contributed by atoms with Gasteiger partial charge in [0.2, 0.25) is 0 Å². The summed E-state index contributed by atoms with van der Waals surface area (Å²) in [5.74, 6) is 0. The van der Waals surface area contributed by atoms with E-state index in [1.807, 2.05) is 25.1 Å². The van der Waals surface area contributed by atoms with Crippen molar-refractivity contribution in [1.82, 2.24) is 9.88 Å². The maximum atomic E-state index is 12.2. The summed E-state index contributed by atoms with van der Waals surface area (Å²) in [5.41, 5.74) is 2.95. The van der Waals surface area contributed by atoms with Crippen LogP contribution in [0.2, 0.25) is 0 Å². The van der Waals surface area contributed by atoms with Gasteiger partial charge in [-0.3, -0.25) is 0 Å². The number of nitrogens with zero attached hydrogens (tertiary/aromatic N) is 1. The molecule has 0 radical (unpaired) electrons. The van der Waals surface area contributed by atoms with E-state index in [9.17, 15) is 9.90 Å². The number of aromatic amines is 1. The zero-order valence-corrected chi connectivity index (χ0v) is 11.5. The molecule has 1 aromatic heterocycles. The van der Waals surface area contributed by atoms with Gasteiger partial charge in [-0.1, -0.05) is 0 Å². The van der Waals surface area contributed by atoms with Gasteiger partial charge in [-0.15, -0.1) is 0 Å². The van der Waals surface area contributed by atoms with Crippen LogP contribution in [-0.4, -0.2) is 40.2 Å². The molecule has 2 heterocycles. The Morgan fingerprint density at radius 2 is 2.35 bits per heavy atom. The molecule has 1 aliphatic heterocycles. The predicted octanol–water partition coefficient (Wildman–Crippen LogP) is 2.46. The Morgan fingerprint density at radius 1 is 1.50 bits per heavy atom. The van der Waals surface area contributed by atoms with Gasteiger partial charge in [0.25, 0.3) is 0 Å². The molecule has 106 valence electrons. The molecular formula is C15H19N3O2. The molecule has 0 bridgehead atoms. The first-order chi connectivity index (χ1) is 9.67. The Kier molecular flexibility index (Phi) is 3.36. The number of fused-ring (bicyclic) bond motifs is 1. The van der Waals surface area contributed by atoms with Crippen LogP contribution in [0.5, 0.6) is 0 Å². The topological polar surface area (TPSA) is 68.4 Å². The number of nitrogens with one attached hydrogen (secondary N) is 2. The highest BCUT2D eigenvalue weighted by Gasteiger charge is 2.27. The molecule has 1 saturated heterocycles. The van der Waals surface area contributed by atoms with Crippen molar-refractivity contribution in [1.29, 1.82) is 0 Å². The molecule has 3 N–H and O–H groups in total. The lowest BCUT2D eigenvalue weighted by Gasteiger charge is -2.23. The molecular weight excluding hydrogens is 254 g/mol. The quantitative estimate of drug-likeness (QED) is 0.786. The number of anilines is 1. The van der Waals surface area contributed by atoms with Crippen LogP contribution >= 0.6 is 0 Å². The summed E-state index contributed by atoms with van der Waals surface area (Å²) in [7, 11) is 0. The first-order valence-electron chi connectivity index (χ1n) is 6.95. The van der Waals surface area contributed by atoms with Crippen LogP contribution in [0, 0.1) is 6.92 Å². The van der Waals surface area contributed by atoms with Crippen LogP contribution in [0.4, 0.5) is 10.5 Å². The van der Waals surface area contributed by atoms with E-state index in [-0.39, 0.29) is 18.7 Å². The minimum Gasteiger partial charge on any atom is -0.394 e. The van der Waals surface area contributed by atoms with Crippen LogP contribution in [-0.2, 0) is 0 Å². The van der Waals surface area contributed by atoms with Gasteiger partial charge in [-0.25, -0.2) is 4.79 Å². The van der Waals surface area contributed by atoms with E-state index in [2.05, 4.69) is 16.4 Å². The van der Waals surface area contributed by atoms with Gasteiger partial charge in [-0.2, -0.15) is 0 Å². The Hall–Kier alpha value is -2.01. The minimum atomic E-state index is -0.131. The molecule has 0 spiro atoms. The number of carbonyl (C=O) groups excluding carboxylic acids is 1. The number of urea groups is 1. The van der Waals surface area contributed by atoms with Crippen molar-refractivity contribution < 1.29 is 9.90 Å². The van der Waals surface area contributed by atoms with Crippen molar-refractivity contribution in [2.24, 2.45) is 0 Å². The van der Waals surface area contributed by atoms with Gasteiger partial charge in [0, 0.05) is 28.8 Å². The third-order valence-electron chi connectivity index (χ3n) is 3.86. The number of hydrogen-bond acceptors (Lipinski definition) is 2. The molecule has 2 amide bonds. The number of aliphatic hydroxyl groups is 1. The Morgan fingerprint density at radius 3 is 3.15 bits per heavy atom. The Bertz CT molecular complexity index is 635. The summed E-state index contributed by atoms with van der Waals surface area (Å²) >= 11 is 0. The van der Waals surface area contributed by atoms with E-state index in [0.29, 0.717) is 6.54 Å². The second kappa shape index (κ2) is 5.17. The molecule has 1 fully saturated rings. The molecule has 5 nitrogen and oxygen atoms in total. The maximum absolute atomic E-state index is 12.2. The molecule has 5 heteroatoms. The summed E-state index contributed by atoms with van der Waals surface area (Å²) in [4.78, 5) is 17.2. The smallest absolute Gasteiger partial charge is 0.322 e.